The average molecular weight is 483 g/mol. The predicted molar refractivity (Wildman–Crippen MR) is 135 cm³/mol. The van der Waals surface area contributed by atoms with E-state index in [2.05, 4.69) is 33.3 Å². The standard InChI is InChI=1S/C26H35N5O2S/c1-3-19(32)9-5-4-6-11-21(29-25(33)18-13-15-31(2)16-14-18)24-27-17-22(28-24)26-30-20-10-7-8-12-23(20)34-26/h7-8,10,12,17-18,21H,3-6,9,11,13-16H2,1-2H3,(H,27,28)(H,29,33)/p+1/t21-/m0/s1. The van der Waals surface area contributed by atoms with Gasteiger partial charge in [0.25, 0.3) is 5.82 Å². The van der Waals surface area contributed by atoms with Crippen molar-refractivity contribution in [3.63, 3.8) is 0 Å². The molecule has 0 unspecified atom stereocenters. The Morgan fingerprint density at radius 3 is 2.79 bits per heavy atom. The second kappa shape index (κ2) is 11.7. The molecule has 7 nitrogen and oxygen atoms in total. The Morgan fingerprint density at radius 1 is 1.24 bits per heavy atom. The van der Waals surface area contributed by atoms with Gasteiger partial charge < -0.3 is 10.2 Å². The highest BCUT2D eigenvalue weighted by Gasteiger charge is 2.29. The van der Waals surface area contributed by atoms with Crippen molar-refractivity contribution in [1.29, 1.82) is 0 Å². The first-order valence-corrected chi connectivity index (χ1v) is 13.3. The van der Waals surface area contributed by atoms with E-state index in [1.807, 2.05) is 31.3 Å². The van der Waals surface area contributed by atoms with Gasteiger partial charge in [0, 0.05) is 18.8 Å². The van der Waals surface area contributed by atoms with E-state index in [-0.39, 0.29) is 17.9 Å². The van der Waals surface area contributed by atoms with Gasteiger partial charge in [-0.05, 0) is 58.0 Å². The normalized spacial score (nSPS) is 16.1. The van der Waals surface area contributed by atoms with Gasteiger partial charge in [-0.2, -0.15) is 0 Å². The predicted octanol–water partition coefficient (Wildman–Crippen LogP) is 4.53. The number of benzene rings is 1. The fraction of sp³-hybridized carbons (Fsp3) is 0.538. The SMILES string of the molecule is CCC(=O)CCCCC[C@H](NC(=O)C1CCN(C)CC1)c1[nH]c(-c2nc3ccccc3s2)c[nH+]1. The summed E-state index contributed by atoms with van der Waals surface area (Å²) in [5.41, 5.74) is 1.93. The van der Waals surface area contributed by atoms with E-state index in [0.29, 0.717) is 18.6 Å². The molecule has 2 aromatic heterocycles. The minimum Gasteiger partial charge on any atom is -0.342 e. The summed E-state index contributed by atoms with van der Waals surface area (Å²) in [6.45, 7) is 3.84. The molecule has 34 heavy (non-hydrogen) atoms. The minimum absolute atomic E-state index is 0.0690. The Labute approximate surface area is 205 Å². The van der Waals surface area contributed by atoms with E-state index >= 15 is 0 Å². The van der Waals surface area contributed by atoms with Gasteiger partial charge in [0.15, 0.2) is 10.7 Å². The van der Waals surface area contributed by atoms with Crippen LogP contribution in [-0.4, -0.2) is 46.7 Å². The van der Waals surface area contributed by atoms with Crippen LogP contribution in [0.25, 0.3) is 20.9 Å². The first-order chi connectivity index (χ1) is 16.5. The summed E-state index contributed by atoms with van der Waals surface area (Å²) in [4.78, 5) is 38.6. The monoisotopic (exact) mass is 482 g/mol. The van der Waals surface area contributed by atoms with Gasteiger partial charge in [-0.1, -0.05) is 31.9 Å². The number of carbonyl (C=O) groups excluding carboxylic acids is 2. The van der Waals surface area contributed by atoms with Crippen LogP contribution in [0.2, 0.25) is 0 Å². The number of hydrogen-bond acceptors (Lipinski definition) is 5. The Balaban J connectivity index is 1.44. The zero-order valence-electron chi connectivity index (χ0n) is 20.2. The van der Waals surface area contributed by atoms with Crippen LogP contribution in [0.4, 0.5) is 0 Å². The number of thiazole rings is 1. The Bertz CT molecular complexity index is 1070. The zero-order valence-corrected chi connectivity index (χ0v) is 21.0. The number of imidazole rings is 1. The number of likely N-dealkylation sites (tertiary alicyclic amines) is 1. The Morgan fingerprint density at radius 2 is 2.03 bits per heavy atom. The van der Waals surface area contributed by atoms with E-state index in [0.717, 1.165) is 78.4 Å². The van der Waals surface area contributed by atoms with Gasteiger partial charge >= 0.3 is 0 Å². The molecule has 1 aliphatic rings. The molecule has 0 saturated carbocycles. The zero-order chi connectivity index (χ0) is 23.9. The number of fused-ring (bicyclic) bond motifs is 1. The number of unbranched alkanes of at least 4 members (excludes halogenated alkanes) is 2. The lowest BCUT2D eigenvalue weighted by atomic mass is 9.95. The van der Waals surface area contributed by atoms with Crippen LogP contribution in [0.15, 0.2) is 30.5 Å². The fourth-order valence-corrected chi connectivity index (χ4v) is 5.47. The third-order valence-electron chi connectivity index (χ3n) is 6.76. The lowest BCUT2D eigenvalue weighted by molar-refractivity contribution is -0.391. The van der Waals surface area contributed by atoms with Crippen LogP contribution < -0.4 is 10.3 Å². The van der Waals surface area contributed by atoms with E-state index in [1.165, 1.54) is 0 Å². The number of nitrogens with one attached hydrogen (secondary N) is 3. The smallest absolute Gasteiger partial charge is 0.275 e. The number of rotatable bonds is 11. The summed E-state index contributed by atoms with van der Waals surface area (Å²) in [6.07, 6.45) is 8.70. The van der Waals surface area contributed by atoms with Gasteiger partial charge in [-0.15, -0.1) is 11.3 Å². The minimum atomic E-state index is -0.114. The highest BCUT2D eigenvalue weighted by molar-refractivity contribution is 7.21. The quantitative estimate of drug-likeness (QED) is 0.393. The molecule has 3 aromatic rings. The topological polar surface area (TPSA) is 92.2 Å². The van der Waals surface area contributed by atoms with E-state index in [4.69, 9.17) is 4.98 Å². The van der Waals surface area contributed by atoms with Crippen LogP contribution >= 0.6 is 11.3 Å². The summed E-state index contributed by atoms with van der Waals surface area (Å²) >= 11 is 1.66. The Kier molecular flexibility index (Phi) is 8.45. The van der Waals surface area contributed by atoms with E-state index in [9.17, 15) is 9.59 Å². The third-order valence-corrected chi connectivity index (χ3v) is 7.83. The van der Waals surface area contributed by atoms with Crippen molar-refractivity contribution in [1.82, 2.24) is 20.2 Å². The van der Waals surface area contributed by atoms with Crippen LogP contribution in [0.3, 0.4) is 0 Å². The molecule has 0 spiro atoms. The van der Waals surface area contributed by atoms with Crippen molar-refractivity contribution in [2.24, 2.45) is 5.92 Å². The molecule has 1 atom stereocenters. The van der Waals surface area contributed by atoms with Crippen LogP contribution in [0, 0.1) is 5.92 Å². The third kappa shape index (κ3) is 6.30. The molecule has 0 bridgehead atoms. The molecule has 0 radical (unpaired) electrons. The number of aromatic amines is 2. The first kappa shape index (κ1) is 24.5. The number of ketones is 1. The maximum absolute atomic E-state index is 13.1. The van der Waals surface area contributed by atoms with Crippen molar-refractivity contribution >= 4 is 33.2 Å². The summed E-state index contributed by atoms with van der Waals surface area (Å²) < 4.78 is 1.15. The van der Waals surface area contributed by atoms with Gasteiger partial charge in [0.05, 0.1) is 10.2 Å². The second-order valence-corrected chi connectivity index (χ2v) is 10.4. The molecule has 4 rings (SSSR count). The van der Waals surface area contributed by atoms with Crippen molar-refractivity contribution in [3.8, 4) is 10.7 Å². The molecule has 1 aromatic carbocycles. The lowest BCUT2D eigenvalue weighted by Crippen LogP contribution is -2.41. The number of carbonyl (C=O) groups is 2. The molecule has 0 aliphatic carbocycles. The summed E-state index contributed by atoms with van der Waals surface area (Å²) in [5, 5.41) is 4.25. The van der Waals surface area contributed by atoms with Gasteiger partial charge in [0.1, 0.15) is 18.0 Å². The number of amides is 1. The first-order valence-electron chi connectivity index (χ1n) is 12.5. The molecule has 182 valence electrons. The molecule has 1 saturated heterocycles. The summed E-state index contributed by atoms with van der Waals surface area (Å²) in [5.74, 6) is 1.44. The molecular weight excluding hydrogens is 446 g/mol. The molecule has 8 heteroatoms. The molecular formula is C26H36N5O2S+. The summed E-state index contributed by atoms with van der Waals surface area (Å²) in [6, 6.07) is 8.02. The van der Waals surface area contributed by atoms with Crippen LogP contribution in [0.5, 0.6) is 0 Å². The van der Waals surface area contributed by atoms with E-state index < -0.39 is 0 Å². The highest BCUT2D eigenvalue weighted by Crippen LogP contribution is 2.29. The number of para-hydroxylation sites is 1. The van der Waals surface area contributed by atoms with Gasteiger partial charge in [-0.3, -0.25) is 9.59 Å². The van der Waals surface area contributed by atoms with Crippen molar-refractivity contribution < 1.29 is 14.6 Å². The largest absolute Gasteiger partial charge is 0.342 e. The van der Waals surface area contributed by atoms with Gasteiger partial charge in [0.2, 0.25) is 5.91 Å². The fourth-order valence-electron chi connectivity index (χ4n) is 4.53. The number of Topliss-reactive ketones (excluding diaryl/α,β-unsaturated/α-hetero) is 1. The number of piperidine rings is 1. The number of aromatic nitrogens is 3. The average Bonchev–Trinajstić information content (AvgIpc) is 3.50. The number of hydrogen-bond donors (Lipinski definition) is 2. The van der Waals surface area contributed by atoms with Crippen LogP contribution in [0.1, 0.15) is 70.2 Å². The van der Waals surface area contributed by atoms with Crippen molar-refractivity contribution in [2.45, 2.75) is 64.3 Å². The van der Waals surface area contributed by atoms with Crippen molar-refractivity contribution in [3.05, 3.63) is 36.3 Å². The van der Waals surface area contributed by atoms with Crippen molar-refractivity contribution in [2.75, 3.05) is 20.1 Å². The lowest BCUT2D eigenvalue weighted by Gasteiger charge is -2.28. The molecule has 1 amide bonds. The molecule has 3 heterocycles. The molecule has 3 N–H and O–H groups in total. The molecule has 1 aliphatic heterocycles. The number of H-pyrrole nitrogens is 2. The number of nitrogens with zero attached hydrogens (tertiary/aromatic N) is 2. The maximum atomic E-state index is 13.1. The maximum Gasteiger partial charge on any atom is 0.275 e. The summed E-state index contributed by atoms with van der Waals surface area (Å²) in [7, 11) is 2.11. The molecule has 1 fully saturated rings. The second-order valence-electron chi connectivity index (χ2n) is 9.36. The highest BCUT2D eigenvalue weighted by atomic mass is 32.1. The van der Waals surface area contributed by atoms with E-state index in [1.54, 1.807) is 11.3 Å². The van der Waals surface area contributed by atoms with Gasteiger partial charge in [-0.25, -0.2) is 15.0 Å². The van der Waals surface area contributed by atoms with Crippen LogP contribution in [-0.2, 0) is 9.59 Å². The Hall–Kier alpha value is -2.58.